The first-order chi connectivity index (χ1) is 9.43. The van der Waals surface area contributed by atoms with Crippen LogP contribution < -0.4 is 15.2 Å². The quantitative estimate of drug-likeness (QED) is 0.821. The van der Waals surface area contributed by atoms with E-state index in [0.29, 0.717) is 24.5 Å². The molecule has 5 nitrogen and oxygen atoms in total. The molecule has 1 rings (SSSR count). The summed E-state index contributed by atoms with van der Waals surface area (Å²) in [5.41, 5.74) is 6.89. The van der Waals surface area contributed by atoms with Crippen LogP contribution in [0.4, 0.5) is 0 Å². The fraction of sp³-hybridized carbons (Fsp3) is 0.533. The number of hydrogen-bond acceptors (Lipinski definition) is 4. The van der Waals surface area contributed by atoms with Crippen molar-refractivity contribution in [2.24, 2.45) is 5.73 Å². The number of ether oxygens (including phenoxy) is 2. The van der Waals surface area contributed by atoms with Gasteiger partial charge in [-0.05, 0) is 31.0 Å². The molecule has 0 spiro atoms. The molecule has 0 heterocycles. The molecule has 0 aromatic heterocycles. The van der Waals surface area contributed by atoms with Crippen molar-refractivity contribution in [1.29, 1.82) is 0 Å². The van der Waals surface area contributed by atoms with Crippen molar-refractivity contribution in [2.75, 3.05) is 27.8 Å². The Kier molecular flexibility index (Phi) is 6.31. The monoisotopic (exact) mass is 280 g/mol. The van der Waals surface area contributed by atoms with Gasteiger partial charge in [0.1, 0.15) is 0 Å². The van der Waals surface area contributed by atoms with Gasteiger partial charge in [-0.15, -0.1) is 0 Å². The molecule has 112 valence electrons. The molecule has 0 aliphatic carbocycles. The lowest BCUT2D eigenvalue weighted by Gasteiger charge is -2.14. The van der Waals surface area contributed by atoms with Crippen LogP contribution in [-0.4, -0.2) is 44.7 Å². The minimum absolute atomic E-state index is 0.0377. The molecule has 0 aliphatic heterocycles. The Morgan fingerprint density at radius 2 is 2.05 bits per heavy atom. The van der Waals surface area contributed by atoms with Gasteiger partial charge in [0.2, 0.25) is 5.91 Å². The normalized spacial score (nSPS) is 11.8. The number of methoxy groups -OCH3 is 1. The standard InChI is InChI=1S/C15H24N2O3/c1-11(16)9-12-5-6-13(19-4)14(10-12)20-8-7-15(18)17(2)3/h5-6,10-11H,7-9,16H2,1-4H3. The third-order valence-electron chi connectivity index (χ3n) is 2.86. The highest BCUT2D eigenvalue weighted by molar-refractivity contribution is 5.75. The zero-order chi connectivity index (χ0) is 15.1. The van der Waals surface area contributed by atoms with E-state index in [4.69, 9.17) is 15.2 Å². The molecule has 0 radical (unpaired) electrons. The lowest BCUT2D eigenvalue weighted by molar-refractivity contribution is -0.129. The van der Waals surface area contributed by atoms with E-state index in [9.17, 15) is 4.79 Å². The van der Waals surface area contributed by atoms with Crippen LogP contribution in [0.3, 0.4) is 0 Å². The van der Waals surface area contributed by atoms with Crippen molar-refractivity contribution in [3.8, 4) is 11.5 Å². The van der Waals surface area contributed by atoms with Crippen LogP contribution in [0.15, 0.2) is 18.2 Å². The molecular weight excluding hydrogens is 256 g/mol. The van der Waals surface area contributed by atoms with Crippen LogP contribution >= 0.6 is 0 Å². The minimum Gasteiger partial charge on any atom is -0.493 e. The molecule has 20 heavy (non-hydrogen) atoms. The molecule has 1 amide bonds. The molecule has 0 saturated carbocycles. The van der Waals surface area contributed by atoms with E-state index >= 15 is 0 Å². The lowest BCUT2D eigenvalue weighted by atomic mass is 10.1. The maximum absolute atomic E-state index is 11.5. The maximum atomic E-state index is 11.5. The van der Waals surface area contributed by atoms with Gasteiger partial charge in [0.25, 0.3) is 0 Å². The van der Waals surface area contributed by atoms with Gasteiger partial charge in [-0.3, -0.25) is 4.79 Å². The van der Waals surface area contributed by atoms with E-state index in [1.54, 1.807) is 26.1 Å². The Hall–Kier alpha value is -1.75. The lowest BCUT2D eigenvalue weighted by Crippen LogP contribution is -2.23. The number of carbonyl (C=O) groups excluding carboxylic acids is 1. The Morgan fingerprint density at radius 3 is 2.60 bits per heavy atom. The second kappa shape index (κ2) is 7.75. The molecule has 0 saturated heterocycles. The van der Waals surface area contributed by atoms with Crippen LogP contribution in [0.25, 0.3) is 0 Å². The fourth-order valence-electron chi connectivity index (χ4n) is 1.80. The molecule has 1 unspecified atom stereocenters. The second-order valence-corrected chi connectivity index (χ2v) is 5.05. The third kappa shape index (κ3) is 5.09. The molecular formula is C15H24N2O3. The molecule has 2 N–H and O–H groups in total. The van der Waals surface area contributed by atoms with Crippen molar-refractivity contribution in [2.45, 2.75) is 25.8 Å². The molecule has 1 atom stereocenters. The Balaban J connectivity index is 2.68. The summed E-state index contributed by atoms with van der Waals surface area (Å²) in [6.07, 6.45) is 1.12. The van der Waals surface area contributed by atoms with Gasteiger partial charge in [-0.1, -0.05) is 6.07 Å². The van der Waals surface area contributed by atoms with Crippen LogP contribution in [0.2, 0.25) is 0 Å². The second-order valence-electron chi connectivity index (χ2n) is 5.05. The van der Waals surface area contributed by atoms with E-state index in [0.717, 1.165) is 12.0 Å². The summed E-state index contributed by atoms with van der Waals surface area (Å²) in [6.45, 7) is 2.29. The smallest absolute Gasteiger partial charge is 0.225 e. The van der Waals surface area contributed by atoms with E-state index in [2.05, 4.69) is 0 Å². The van der Waals surface area contributed by atoms with Crippen molar-refractivity contribution >= 4 is 5.91 Å². The Bertz CT molecular complexity index is 445. The molecule has 0 bridgehead atoms. The molecule has 0 fully saturated rings. The number of hydrogen-bond donors (Lipinski definition) is 1. The number of nitrogens with zero attached hydrogens (tertiary/aromatic N) is 1. The summed E-state index contributed by atoms with van der Waals surface area (Å²) in [6, 6.07) is 5.84. The van der Waals surface area contributed by atoms with Crippen molar-refractivity contribution in [3.63, 3.8) is 0 Å². The van der Waals surface area contributed by atoms with E-state index in [-0.39, 0.29) is 11.9 Å². The van der Waals surface area contributed by atoms with Crippen molar-refractivity contribution in [1.82, 2.24) is 4.90 Å². The van der Waals surface area contributed by atoms with Crippen LogP contribution in [0, 0.1) is 0 Å². The van der Waals surface area contributed by atoms with E-state index in [1.807, 2.05) is 25.1 Å². The first kappa shape index (κ1) is 16.3. The highest BCUT2D eigenvalue weighted by atomic mass is 16.5. The predicted molar refractivity (Wildman–Crippen MR) is 79.2 cm³/mol. The Morgan fingerprint density at radius 1 is 1.35 bits per heavy atom. The largest absolute Gasteiger partial charge is 0.493 e. The molecule has 5 heteroatoms. The average molecular weight is 280 g/mol. The first-order valence-electron chi connectivity index (χ1n) is 6.69. The van der Waals surface area contributed by atoms with Gasteiger partial charge in [0.15, 0.2) is 11.5 Å². The van der Waals surface area contributed by atoms with E-state index < -0.39 is 0 Å². The van der Waals surface area contributed by atoms with Crippen LogP contribution in [-0.2, 0) is 11.2 Å². The number of rotatable bonds is 7. The maximum Gasteiger partial charge on any atom is 0.225 e. The van der Waals surface area contributed by atoms with Crippen LogP contribution in [0.1, 0.15) is 18.9 Å². The van der Waals surface area contributed by atoms with Crippen molar-refractivity contribution in [3.05, 3.63) is 23.8 Å². The fourth-order valence-corrected chi connectivity index (χ4v) is 1.80. The summed E-state index contributed by atoms with van der Waals surface area (Å²) in [5, 5.41) is 0. The summed E-state index contributed by atoms with van der Waals surface area (Å²) < 4.78 is 10.9. The first-order valence-corrected chi connectivity index (χ1v) is 6.69. The highest BCUT2D eigenvalue weighted by Gasteiger charge is 2.09. The zero-order valence-electron chi connectivity index (χ0n) is 12.7. The highest BCUT2D eigenvalue weighted by Crippen LogP contribution is 2.28. The van der Waals surface area contributed by atoms with Gasteiger partial charge in [0.05, 0.1) is 20.1 Å². The van der Waals surface area contributed by atoms with Crippen LogP contribution in [0.5, 0.6) is 11.5 Å². The van der Waals surface area contributed by atoms with Gasteiger partial charge in [0, 0.05) is 20.1 Å². The third-order valence-corrected chi connectivity index (χ3v) is 2.86. The number of amides is 1. The summed E-state index contributed by atoms with van der Waals surface area (Å²) in [7, 11) is 5.05. The minimum atomic E-state index is 0.0377. The van der Waals surface area contributed by atoms with Gasteiger partial charge >= 0.3 is 0 Å². The van der Waals surface area contributed by atoms with Gasteiger partial charge in [-0.2, -0.15) is 0 Å². The summed E-state index contributed by atoms with van der Waals surface area (Å²) in [5.74, 6) is 1.35. The summed E-state index contributed by atoms with van der Waals surface area (Å²) >= 11 is 0. The van der Waals surface area contributed by atoms with E-state index in [1.165, 1.54) is 0 Å². The summed E-state index contributed by atoms with van der Waals surface area (Å²) in [4.78, 5) is 13.0. The predicted octanol–water partition coefficient (Wildman–Crippen LogP) is 1.44. The van der Waals surface area contributed by atoms with Gasteiger partial charge < -0.3 is 20.1 Å². The number of carbonyl (C=O) groups is 1. The SMILES string of the molecule is COc1ccc(CC(C)N)cc1OCCC(=O)N(C)C. The van der Waals surface area contributed by atoms with Crippen molar-refractivity contribution < 1.29 is 14.3 Å². The molecule has 1 aromatic carbocycles. The zero-order valence-corrected chi connectivity index (χ0v) is 12.7. The number of nitrogens with two attached hydrogens (primary N) is 1. The molecule has 0 aliphatic rings. The molecule has 1 aromatic rings. The Labute approximate surface area is 120 Å². The average Bonchev–Trinajstić information content (AvgIpc) is 2.38. The van der Waals surface area contributed by atoms with Gasteiger partial charge in [-0.25, -0.2) is 0 Å². The number of benzene rings is 1. The topological polar surface area (TPSA) is 64.8 Å².